The van der Waals surface area contributed by atoms with Crippen LogP contribution >= 0.6 is 0 Å². The molecule has 132 valence electrons. The molecule has 1 aliphatic carbocycles. The van der Waals surface area contributed by atoms with Gasteiger partial charge in [-0.3, -0.25) is 9.59 Å². The van der Waals surface area contributed by atoms with E-state index in [2.05, 4.69) is 15.1 Å². The van der Waals surface area contributed by atoms with Gasteiger partial charge in [0.2, 0.25) is 5.91 Å². The molecule has 2 aromatic rings. The quantitative estimate of drug-likeness (QED) is 0.885. The number of carbonyl (C=O) groups is 1. The number of hydrogen-bond acceptors (Lipinski definition) is 5. The van der Waals surface area contributed by atoms with Crippen molar-refractivity contribution in [3.8, 4) is 0 Å². The Morgan fingerprint density at radius 3 is 3.00 bits per heavy atom. The highest BCUT2D eigenvalue weighted by Gasteiger charge is 2.60. The minimum atomic E-state index is -0.238. The summed E-state index contributed by atoms with van der Waals surface area (Å²) in [6, 6.07) is 0.203. The smallest absolute Gasteiger partial charge is 0.261 e. The zero-order valence-corrected chi connectivity index (χ0v) is 14.0. The second-order valence-corrected chi connectivity index (χ2v) is 7.51. The maximum atomic E-state index is 12.9. The number of H-pyrrole nitrogens is 1. The molecule has 5 rings (SSSR count). The fourth-order valence-corrected chi connectivity index (χ4v) is 4.76. The molecule has 1 amide bonds. The Kier molecular flexibility index (Phi) is 3.25. The second kappa shape index (κ2) is 5.39. The summed E-state index contributed by atoms with van der Waals surface area (Å²) >= 11 is 0. The zero-order valence-electron chi connectivity index (χ0n) is 14.0. The molecule has 3 aliphatic rings. The van der Waals surface area contributed by atoms with E-state index in [0.29, 0.717) is 11.0 Å². The second-order valence-electron chi connectivity index (χ2n) is 7.51. The van der Waals surface area contributed by atoms with Gasteiger partial charge < -0.3 is 14.6 Å². The molecule has 3 fully saturated rings. The van der Waals surface area contributed by atoms with Gasteiger partial charge in [-0.1, -0.05) is 6.42 Å². The normalized spacial score (nSPS) is 27.4. The van der Waals surface area contributed by atoms with Crippen molar-refractivity contribution >= 4 is 16.9 Å². The molecule has 25 heavy (non-hydrogen) atoms. The van der Waals surface area contributed by atoms with Gasteiger partial charge in [-0.2, -0.15) is 5.10 Å². The van der Waals surface area contributed by atoms with E-state index in [-0.39, 0.29) is 35.6 Å². The zero-order chi connectivity index (χ0) is 17.0. The number of rotatable bonds is 3. The molecule has 2 aliphatic heterocycles. The van der Waals surface area contributed by atoms with E-state index in [9.17, 15) is 9.59 Å². The van der Waals surface area contributed by atoms with Gasteiger partial charge in [0.25, 0.3) is 5.56 Å². The summed E-state index contributed by atoms with van der Waals surface area (Å²) in [5.74, 6) is 0.0325. The van der Waals surface area contributed by atoms with E-state index < -0.39 is 0 Å². The molecule has 2 aromatic heterocycles. The summed E-state index contributed by atoms with van der Waals surface area (Å²) in [5.41, 5.74) is 0.495. The van der Waals surface area contributed by atoms with Crippen LogP contribution in [0.5, 0.6) is 0 Å². The van der Waals surface area contributed by atoms with Gasteiger partial charge in [0.15, 0.2) is 5.65 Å². The van der Waals surface area contributed by atoms with Crippen molar-refractivity contribution in [1.82, 2.24) is 24.6 Å². The molecule has 0 radical (unpaired) electrons. The van der Waals surface area contributed by atoms with Gasteiger partial charge in [-0.15, -0.1) is 0 Å². The minimum Gasteiger partial charge on any atom is -0.376 e. The fraction of sp³-hybridized carbons (Fsp3) is 0.647. The maximum absolute atomic E-state index is 12.9. The lowest BCUT2D eigenvalue weighted by molar-refractivity contribution is -0.188. The number of ether oxygens (including phenoxy) is 1. The van der Waals surface area contributed by atoms with Crippen LogP contribution in [0.3, 0.4) is 0 Å². The average Bonchev–Trinajstić information content (AvgIpc) is 3.16. The summed E-state index contributed by atoms with van der Waals surface area (Å²) in [7, 11) is 0. The number of aromatic nitrogens is 4. The Balaban J connectivity index is 1.38. The van der Waals surface area contributed by atoms with Crippen LogP contribution in [0.15, 0.2) is 17.3 Å². The third-order valence-corrected chi connectivity index (χ3v) is 6.16. The third-order valence-electron chi connectivity index (χ3n) is 6.16. The number of likely N-dealkylation sites (tertiary alicyclic amines) is 1. The number of nitrogens with one attached hydrogen (secondary N) is 1. The van der Waals surface area contributed by atoms with Crippen molar-refractivity contribution in [2.45, 2.75) is 50.8 Å². The Labute approximate surface area is 144 Å². The van der Waals surface area contributed by atoms with E-state index in [4.69, 9.17) is 4.74 Å². The average molecular weight is 343 g/mol. The highest BCUT2D eigenvalue weighted by molar-refractivity contribution is 5.80. The van der Waals surface area contributed by atoms with Crippen molar-refractivity contribution in [3.05, 3.63) is 22.9 Å². The first-order valence-electron chi connectivity index (χ1n) is 8.98. The molecule has 1 saturated carbocycles. The summed E-state index contributed by atoms with van der Waals surface area (Å²) < 4.78 is 7.43. The lowest BCUT2D eigenvalue weighted by Crippen LogP contribution is -2.72. The van der Waals surface area contributed by atoms with Crippen LogP contribution in [0.4, 0.5) is 0 Å². The molecule has 0 bridgehead atoms. The Morgan fingerprint density at radius 1 is 1.40 bits per heavy atom. The van der Waals surface area contributed by atoms with Crippen molar-refractivity contribution in [1.29, 1.82) is 0 Å². The Bertz CT molecular complexity index is 878. The van der Waals surface area contributed by atoms with Crippen LogP contribution in [0, 0.1) is 5.41 Å². The van der Waals surface area contributed by atoms with Crippen LogP contribution in [0.25, 0.3) is 11.0 Å². The number of amides is 1. The van der Waals surface area contributed by atoms with Gasteiger partial charge in [0.05, 0.1) is 24.7 Å². The predicted octanol–water partition coefficient (Wildman–Crippen LogP) is 0.680. The number of hydrogen-bond donors (Lipinski definition) is 1. The highest BCUT2D eigenvalue weighted by atomic mass is 16.5. The van der Waals surface area contributed by atoms with Gasteiger partial charge in [0, 0.05) is 18.6 Å². The van der Waals surface area contributed by atoms with Crippen molar-refractivity contribution in [3.63, 3.8) is 0 Å². The Hall–Kier alpha value is -2.22. The summed E-state index contributed by atoms with van der Waals surface area (Å²) in [6.07, 6.45) is 8.75. The maximum Gasteiger partial charge on any atom is 0.261 e. The van der Waals surface area contributed by atoms with Crippen molar-refractivity contribution < 1.29 is 9.53 Å². The lowest BCUT2D eigenvalue weighted by atomic mass is 9.56. The topological polar surface area (TPSA) is 93.1 Å². The molecule has 2 saturated heterocycles. The molecular weight excluding hydrogens is 322 g/mol. The number of carbonyl (C=O) groups excluding carboxylic acids is 1. The molecule has 0 aromatic carbocycles. The third kappa shape index (κ3) is 2.16. The molecule has 8 nitrogen and oxygen atoms in total. The largest absolute Gasteiger partial charge is 0.376 e. The molecule has 2 atom stereocenters. The standard InChI is InChI=1S/C17H21N5O3/c23-13(8-22-15-11(7-20-22)16(24)19-10-18-15)21-9-17(4-2-5-17)14(21)12-3-1-6-25-12/h7,10,12,14H,1-6,8-9H2,(H,18,19,24). The van der Waals surface area contributed by atoms with Crippen LogP contribution in [0.2, 0.25) is 0 Å². The lowest BCUT2D eigenvalue weighted by Gasteiger charge is -2.63. The summed E-state index contributed by atoms with van der Waals surface area (Å²) in [4.78, 5) is 33.3. The first kappa shape index (κ1) is 15.1. The predicted molar refractivity (Wildman–Crippen MR) is 88.9 cm³/mol. The molecule has 1 spiro atoms. The fourth-order valence-electron chi connectivity index (χ4n) is 4.76. The first-order valence-corrected chi connectivity index (χ1v) is 8.98. The van der Waals surface area contributed by atoms with Gasteiger partial charge in [0.1, 0.15) is 11.9 Å². The van der Waals surface area contributed by atoms with Gasteiger partial charge in [-0.05, 0) is 25.7 Å². The molecule has 8 heteroatoms. The number of aromatic amines is 1. The van der Waals surface area contributed by atoms with Crippen LogP contribution in [0.1, 0.15) is 32.1 Å². The van der Waals surface area contributed by atoms with E-state index in [1.807, 2.05) is 4.90 Å². The van der Waals surface area contributed by atoms with E-state index in [1.165, 1.54) is 36.5 Å². The van der Waals surface area contributed by atoms with Crippen molar-refractivity contribution in [2.75, 3.05) is 13.2 Å². The molecule has 2 unspecified atom stereocenters. The number of fused-ring (bicyclic) bond motifs is 1. The highest BCUT2D eigenvalue weighted by Crippen LogP contribution is 2.55. The molecule has 4 heterocycles. The SMILES string of the molecule is O=C(Cn1ncc2c(=O)[nH]cnc21)N1CC2(CCC2)C1C1CCCO1. The van der Waals surface area contributed by atoms with Gasteiger partial charge in [-0.25, -0.2) is 9.67 Å². The monoisotopic (exact) mass is 343 g/mol. The Morgan fingerprint density at radius 2 is 2.28 bits per heavy atom. The van der Waals surface area contributed by atoms with E-state index >= 15 is 0 Å². The first-order chi connectivity index (χ1) is 12.2. The van der Waals surface area contributed by atoms with Gasteiger partial charge >= 0.3 is 0 Å². The van der Waals surface area contributed by atoms with Crippen molar-refractivity contribution in [2.24, 2.45) is 5.41 Å². The van der Waals surface area contributed by atoms with E-state index in [0.717, 1.165) is 26.0 Å². The number of nitrogens with zero attached hydrogens (tertiary/aromatic N) is 4. The van der Waals surface area contributed by atoms with Crippen LogP contribution < -0.4 is 5.56 Å². The van der Waals surface area contributed by atoms with Crippen LogP contribution in [-0.4, -0.2) is 55.9 Å². The summed E-state index contributed by atoms with van der Waals surface area (Å²) in [5, 5.41) is 4.59. The van der Waals surface area contributed by atoms with E-state index in [1.54, 1.807) is 0 Å². The molecule has 1 N–H and O–H groups in total. The summed E-state index contributed by atoms with van der Waals surface area (Å²) in [6.45, 7) is 1.73. The van der Waals surface area contributed by atoms with Crippen LogP contribution in [-0.2, 0) is 16.1 Å². The molecular formula is C17H21N5O3. The minimum absolute atomic E-state index is 0.0325.